The standard InChI is InChI=1S/C13H17N3OS2/c1-8-4-5-18-11(8)6-14-13(17)15-7-12-9(2)16-10(3)19-12/h4-5H,6-7H2,1-3H3,(H2,14,15,17). The van der Waals surface area contributed by atoms with Crippen molar-refractivity contribution in [1.82, 2.24) is 15.6 Å². The van der Waals surface area contributed by atoms with Crippen molar-refractivity contribution in [1.29, 1.82) is 0 Å². The second-order valence-electron chi connectivity index (χ2n) is 4.30. The Balaban J connectivity index is 1.79. The van der Waals surface area contributed by atoms with E-state index in [0.717, 1.165) is 15.6 Å². The van der Waals surface area contributed by atoms with E-state index in [1.807, 2.05) is 19.2 Å². The van der Waals surface area contributed by atoms with Gasteiger partial charge in [0, 0.05) is 9.75 Å². The molecule has 0 bridgehead atoms. The van der Waals surface area contributed by atoms with Crippen LogP contribution in [0.5, 0.6) is 0 Å². The number of aryl methyl sites for hydroxylation is 3. The lowest BCUT2D eigenvalue weighted by Gasteiger charge is -2.06. The van der Waals surface area contributed by atoms with E-state index in [9.17, 15) is 4.79 Å². The van der Waals surface area contributed by atoms with Crippen LogP contribution in [0.3, 0.4) is 0 Å². The molecule has 0 aliphatic heterocycles. The van der Waals surface area contributed by atoms with Crippen molar-refractivity contribution in [2.24, 2.45) is 0 Å². The molecule has 0 fully saturated rings. The third-order valence-corrected chi connectivity index (χ3v) is 4.88. The fraction of sp³-hybridized carbons (Fsp3) is 0.385. The summed E-state index contributed by atoms with van der Waals surface area (Å²) < 4.78 is 0. The SMILES string of the molecule is Cc1nc(C)c(CNC(=O)NCc2sccc2C)s1. The van der Waals surface area contributed by atoms with Gasteiger partial charge in [0.1, 0.15) is 0 Å². The molecule has 2 aromatic heterocycles. The number of thiophene rings is 1. The zero-order chi connectivity index (χ0) is 13.8. The van der Waals surface area contributed by atoms with Gasteiger partial charge in [-0.3, -0.25) is 0 Å². The van der Waals surface area contributed by atoms with Gasteiger partial charge in [0.2, 0.25) is 0 Å². The van der Waals surface area contributed by atoms with E-state index >= 15 is 0 Å². The zero-order valence-electron chi connectivity index (χ0n) is 11.2. The van der Waals surface area contributed by atoms with Crippen LogP contribution in [0, 0.1) is 20.8 Å². The first kappa shape index (κ1) is 14.0. The fourth-order valence-corrected chi connectivity index (χ4v) is 3.43. The average molecular weight is 295 g/mol. The third kappa shape index (κ3) is 3.78. The van der Waals surface area contributed by atoms with Gasteiger partial charge in [0.05, 0.1) is 23.8 Å². The minimum Gasteiger partial charge on any atom is -0.333 e. The Kier molecular flexibility index (Phi) is 4.55. The van der Waals surface area contributed by atoms with E-state index < -0.39 is 0 Å². The van der Waals surface area contributed by atoms with Crippen LogP contribution in [0.2, 0.25) is 0 Å². The Morgan fingerprint density at radius 1 is 1.21 bits per heavy atom. The predicted octanol–water partition coefficient (Wildman–Crippen LogP) is 3.13. The lowest BCUT2D eigenvalue weighted by molar-refractivity contribution is 0.240. The van der Waals surface area contributed by atoms with Crippen molar-refractivity contribution < 1.29 is 4.79 Å². The normalized spacial score (nSPS) is 10.5. The van der Waals surface area contributed by atoms with Gasteiger partial charge >= 0.3 is 6.03 Å². The minimum absolute atomic E-state index is 0.141. The largest absolute Gasteiger partial charge is 0.333 e. The maximum absolute atomic E-state index is 11.7. The predicted molar refractivity (Wildman–Crippen MR) is 79.7 cm³/mol. The summed E-state index contributed by atoms with van der Waals surface area (Å²) in [7, 11) is 0. The number of hydrogen-bond acceptors (Lipinski definition) is 4. The first-order chi connectivity index (χ1) is 9.06. The summed E-state index contributed by atoms with van der Waals surface area (Å²) in [6.07, 6.45) is 0. The van der Waals surface area contributed by atoms with Crippen molar-refractivity contribution >= 4 is 28.7 Å². The van der Waals surface area contributed by atoms with Crippen LogP contribution in [-0.2, 0) is 13.1 Å². The molecule has 0 unspecified atom stereocenters. The zero-order valence-corrected chi connectivity index (χ0v) is 12.9. The van der Waals surface area contributed by atoms with Gasteiger partial charge in [-0.2, -0.15) is 0 Å². The van der Waals surface area contributed by atoms with E-state index in [2.05, 4.69) is 28.6 Å². The summed E-state index contributed by atoms with van der Waals surface area (Å²) in [5, 5.41) is 8.79. The summed E-state index contributed by atoms with van der Waals surface area (Å²) in [4.78, 5) is 18.3. The molecule has 19 heavy (non-hydrogen) atoms. The van der Waals surface area contributed by atoms with Crippen molar-refractivity contribution in [2.75, 3.05) is 0 Å². The van der Waals surface area contributed by atoms with Crippen LogP contribution in [0.1, 0.15) is 26.0 Å². The van der Waals surface area contributed by atoms with Crippen LogP contribution >= 0.6 is 22.7 Å². The lowest BCUT2D eigenvalue weighted by Crippen LogP contribution is -2.34. The van der Waals surface area contributed by atoms with E-state index in [0.29, 0.717) is 13.1 Å². The molecule has 0 aromatic carbocycles. The number of carbonyl (C=O) groups is 1. The number of urea groups is 1. The summed E-state index contributed by atoms with van der Waals surface area (Å²) in [6, 6.07) is 1.92. The molecule has 0 aliphatic rings. The maximum atomic E-state index is 11.7. The summed E-state index contributed by atoms with van der Waals surface area (Å²) in [5.74, 6) is 0. The molecule has 102 valence electrons. The number of thiazole rings is 1. The topological polar surface area (TPSA) is 54.0 Å². The number of nitrogens with zero attached hydrogens (tertiary/aromatic N) is 1. The Bertz CT molecular complexity index is 574. The Hall–Kier alpha value is -1.40. The van der Waals surface area contributed by atoms with E-state index in [1.54, 1.807) is 22.7 Å². The van der Waals surface area contributed by atoms with Gasteiger partial charge in [0.25, 0.3) is 0 Å². The van der Waals surface area contributed by atoms with E-state index in [-0.39, 0.29) is 6.03 Å². The molecule has 2 amide bonds. The molecule has 2 aromatic rings. The third-order valence-electron chi connectivity index (χ3n) is 2.79. The van der Waals surface area contributed by atoms with Crippen LogP contribution in [-0.4, -0.2) is 11.0 Å². The average Bonchev–Trinajstić information content (AvgIpc) is 2.90. The van der Waals surface area contributed by atoms with Gasteiger partial charge in [-0.25, -0.2) is 9.78 Å². The monoisotopic (exact) mass is 295 g/mol. The molecule has 0 aliphatic carbocycles. The highest BCUT2D eigenvalue weighted by molar-refractivity contribution is 7.11. The van der Waals surface area contributed by atoms with E-state index in [4.69, 9.17) is 0 Å². The van der Waals surface area contributed by atoms with Crippen molar-refractivity contribution in [3.63, 3.8) is 0 Å². The second-order valence-corrected chi connectivity index (χ2v) is 6.59. The summed E-state index contributed by atoms with van der Waals surface area (Å²) in [5.41, 5.74) is 2.22. The van der Waals surface area contributed by atoms with Crippen molar-refractivity contribution in [3.05, 3.63) is 37.5 Å². The molecule has 0 spiro atoms. The molecule has 0 radical (unpaired) electrons. The Morgan fingerprint density at radius 3 is 2.42 bits per heavy atom. The Labute approximate surface area is 120 Å². The minimum atomic E-state index is -0.141. The number of rotatable bonds is 4. The number of amides is 2. The highest BCUT2D eigenvalue weighted by Gasteiger charge is 2.07. The first-order valence-corrected chi connectivity index (χ1v) is 7.73. The number of hydrogen-bond donors (Lipinski definition) is 2. The Morgan fingerprint density at radius 2 is 1.89 bits per heavy atom. The molecule has 0 atom stereocenters. The second kappa shape index (κ2) is 6.16. The van der Waals surface area contributed by atoms with Crippen LogP contribution in [0.4, 0.5) is 4.79 Å². The molecular formula is C13H17N3OS2. The molecule has 2 rings (SSSR count). The van der Waals surface area contributed by atoms with Crippen LogP contribution in [0.25, 0.3) is 0 Å². The van der Waals surface area contributed by atoms with Gasteiger partial charge < -0.3 is 10.6 Å². The molecule has 2 N–H and O–H groups in total. The number of nitrogens with one attached hydrogen (secondary N) is 2. The van der Waals surface area contributed by atoms with Gasteiger partial charge in [-0.15, -0.1) is 22.7 Å². The van der Waals surface area contributed by atoms with E-state index in [1.165, 1.54) is 10.4 Å². The van der Waals surface area contributed by atoms with Crippen LogP contribution < -0.4 is 10.6 Å². The molecule has 6 heteroatoms. The molecule has 4 nitrogen and oxygen atoms in total. The summed E-state index contributed by atoms with van der Waals surface area (Å²) >= 11 is 3.28. The van der Waals surface area contributed by atoms with Gasteiger partial charge in [0.15, 0.2) is 0 Å². The quantitative estimate of drug-likeness (QED) is 0.910. The fourth-order valence-electron chi connectivity index (χ4n) is 1.71. The number of carbonyl (C=O) groups excluding carboxylic acids is 1. The van der Waals surface area contributed by atoms with Gasteiger partial charge in [-0.05, 0) is 37.8 Å². The molecule has 0 saturated carbocycles. The van der Waals surface area contributed by atoms with Gasteiger partial charge in [-0.1, -0.05) is 0 Å². The molecule has 2 heterocycles. The smallest absolute Gasteiger partial charge is 0.315 e. The van der Waals surface area contributed by atoms with Crippen molar-refractivity contribution in [2.45, 2.75) is 33.9 Å². The highest BCUT2D eigenvalue weighted by Crippen LogP contribution is 2.17. The number of aromatic nitrogens is 1. The first-order valence-electron chi connectivity index (χ1n) is 6.04. The lowest BCUT2D eigenvalue weighted by atomic mass is 10.3. The highest BCUT2D eigenvalue weighted by atomic mass is 32.1. The van der Waals surface area contributed by atoms with Crippen molar-refractivity contribution in [3.8, 4) is 0 Å². The maximum Gasteiger partial charge on any atom is 0.315 e. The summed E-state index contributed by atoms with van der Waals surface area (Å²) in [6.45, 7) is 7.10. The van der Waals surface area contributed by atoms with Crippen LogP contribution in [0.15, 0.2) is 11.4 Å². The molecular weight excluding hydrogens is 278 g/mol. The molecule has 0 saturated heterocycles.